The second-order valence-corrected chi connectivity index (χ2v) is 4.85. The molecule has 1 aliphatic rings. The number of hydrogen-bond acceptors (Lipinski definition) is 3. The van der Waals surface area contributed by atoms with Crippen molar-refractivity contribution >= 4 is 0 Å². The van der Waals surface area contributed by atoms with Gasteiger partial charge in [-0.3, -0.25) is 5.10 Å². The zero-order valence-electron chi connectivity index (χ0n) is 9.60. The standard InChI is InChI=1S/C12H21N3O/c13-10(8-9-4-2-1-3-5-9)12(16)11-6-7-14-15-11/h6-7,9-10,12,16H,1-5,8,13H2,(H,14,15)/t10-,12+/m0/s1. The molecular weight excluding hydrogens is 202 g/mol. The summed E-state index contributed by atoms with van der Waals surface area (Å²) in [6, 6.07) is 1.59. The lowest BCUT2D eigenvalue weighted by atomic mass is 9.83. The Morgan fingerprint density at radius 2 is 2.19 bits per heavy atom. The maximum atomic E-state index is 10.0. The second-order valence-electron chi connectivity index (χ2n) is 4.85. The summed E-state index contributed by atoms with van der Waals surface area (Å²) in [6.07, 6.45) is 8.51. The molecule has 1 aromatic heterocycles. The minimum Gasteiger partial charge on any atom is -0.385 e. The average molecular weight is 223 g/mol. The van der Waals surface area contributed by atoms with Gasteiger partial charge >= 0.3 is 0 Å². The third-order valence-corrected chi connectivity index (χ3v) is 3.56. The van der Waals surface area contributed by atoms with Crippen LogP contribution in [0.2, 0.25) is 0 Å². The molecule has 90 valence electrons. The molecule has 2 atom stereocenters. The van der Waals surface area contributed by atoms with Gasteiger partial charge in [0.2, 0.25) is 0 Å². The molecule has 0 aliphatic heterocycles. The van der Waals surface area contributed by atoms with Crippen LogP contribution in [0.5, 0.6) is 0 Å². The van der Waals surface area contributed by atoms with E-state index in [9.17, 15) is 5.11 Å². The quantitative estimate of drug-likeness (QED) is 0.727. The van der Waals surface area contributed by atoms with Crippen molar-refractivity contribution in [1.82, 2.24) is 10.2 Å². The zero-order chi connectivity index (χ0) is 11.4. The average Bonchev–Trinajstić information content (AvgIpc) is 2.83. The third-order valence-electron chi connectivity index (χ3n) is 3.56. The van der Waals surface area contributed by atoms with Crippen molar-refractivity contribution in [1.29, 1.82) is 0 Å². The maximum absolute atomic E-state index is 10.0. The van der Waals surface area contributed by atoms with Crippen molar-refractivity contribution in [2.75, 3.05) is 0 Å². The fourth-order valence-corrected chi connectivity index (χ4v) is 2.59. The SMILES string of the molecule is N[C@@H](CC1CCCCC1)[C@@H](O)c1cc[nH]n1. The summed E-state index contributed by atoms with van der Waals surface area (Å²) < 4.78 is 0. The number of hydrogen-bond donors (Lipinski definition) is 3. The van der Waals surface area contributed by atoms with E-state index in [4.69, 9.17) is 5.73 Å². The predicted octanol–water partition coefficient (Wildman–Crippen LogP) is 1.74. The van der Waals surface area contributed by atoms with Gasteiger partial charge in [-0.2, -0.15) is 5.10 Å². The summed E-state index contributed by atoms with van der Waals surface area (Å²) in [6.45, 7) is 0. The molecule has 0 bridgehead atoms. The van der Waals surface area contributed by atoms with E-state index in [2.05, 4.69) is 10.2 Å². The molecule has 0 saturated heterocycles. The number of H-pyrrole nitrogens is 1. The van der Waals surface area contributed by atoms with Crippen molar-refractivity contribution < 1.29 is 5.11 Å². The molecule has 1 fully saturated rings. The first-order valence-electron chi connectivity index (χ1n) is 6.20. The van der Waals surface area contributed by atoms with E-state index in [0.29, 0.717) is 11.6 Å². The van der Waals surface area contributed by atoms with E-state index < -0.39 is 6.10 Å². The van der Waals surface area contributed by atoms with E-state index in [1.807, 2.05) is 0 Å². The number of nitrogens with two attached hydrogens (primary N) is 1. The van der Waals surface area contributed by atoms with Gasteiger partial charge in [0.25, 0.3) is 0 Å². The first-order valence-corrected chi connectivity index (χ1v) is 6.20. The van der Waals surface area contributed by atoms with E-state index in [1.54, 1.807) is 12.3 Å². The Morgan fingerprint density at radius 1 is 1.44 bits per heavy atom. The second kappa shape index (κ2) is 5.46. The summed E-state index contributed by atoms with van der Waals surface area (Å²) in [5.74, 6) is 0.692. The van der Waals surface area contributed by atoms with Crippen molar-refractivity contribution in [3.63, 3.8) is 0 Å². The number of aromatic nitrogens is 2. The van der Waals surface area contributed by atoms with Crippen molar-refractivity contribution in [3.8, 4) is 0 Å². The van der Waals surface area contributed by atoms with Crippen LogP contribution in [0.15, 0.2) is 12.3 Å². The lowest BCUT2D eigenvalue weighted by molar-refractivity contribution is 0.124. The summed E-state index contributed by atoms with van der Waals surface area (Å²) in [5.41, 5.74) is 6.69. The van der Waals surface area contributed by atoms with Crippen LogP contribution in [0.3, 0.4) is 0 Å². The Hall–Kier alpha value is -0.870. The number of rotatable bonds is 4. The normalized spacial score (nSPS) is 21.9. The Morgan fingerprint density at radius 3 is 2.81 bits per heavy atom. The van der Waals surface area contributed by atoms with Crippen LogP contribution >= 0.6 is 0 Å². The van der Waals surface area contributed by atoms with Gasteiger partial charge in [-0.05, 0) is 18.4 Å². The van der Waals surface area contributed by atoms with Crippen LogP contribution in [-0.2, 0) is 0 Å². The van der Waals surface area contributed by atoms with E-state index in [1.165, 1.54) is 32.1 Å². The monoisotopic (exact) mass is 223 g/mol. The molecule has 0 amide bonds. The van der Waals surface area contributed by atoms with E-state index in [0.717, 1.165) is 6.42 Å². The fraction of sp³-hybridized carbons (Fsp3) is 0.750. The molecule has 0 radical (unpaired) electrons. The van der Waals surface area contributed by atoms with Gasteiger partial charge in [-0.1, -0.05) is 32.1 Å². The highest BCUT2D eigenvalue weighted by Gasteiger charge is 2.23. The molecule has 1 aliphatic carbocycles. The molecule has 16 heavy (non-hydrogen) atoms. The van der Waals surface area contributed by atoms with Crippen molar-refractivity contribution in [2.24, 2.45) is 11.7 Å². The maximum Gasteiger partial charge on any atom is 0.113 e. The third kappa shape index (κ3) is 2.83. The fourth-order valence-electron chi connectivity index (χ4n) is 2.59. The highest BCUT2D eigenvalue weighted by molar-refractivity contribution is 5.04. The Balaban J connectivity index is 1.84. The van der Waals surface area contributed by atoms with Crippen molar-refractivity contribution in [2.45, 2.75) is 50.7 Å². The number of aromatic amines is 1. The van der Waals surface area contributed by atoms with Gasteiger partial charge in [0, 0.05) is 12.2 Å². The summed E-state index contributed by atoms with van der Waals surface area (Å²) in [4.78, 5) is 0. The Kier molecular flexibility index (Phi) is 3.96. The highest BCUT2D eigenvalue weighted by Crippen LogP contribution is 2.29. The molecule has 4 heteroatoms. The first kappa shape index (κ1) is 11.6. The minimum absolute atomic E-state index is 0.189. The summed E-state index contributed by atoms with van der Waals surface area (Å²) in [5, 5.41) is 16.7. The van der Waals surface area contributed by atoms with Crippen LogP contribution in [0.1, 0.15) is 50.3 Å². The number of aliphatic hydroxyl groups is 1. The lowest BCUT2D eigenvalue weighted by Gasteiger charge is -2.26. The number of nitrogens with one attached hydrogen (secondary N) is 1. The topological polar surface area (TPSA) is 74.9 Å². The lowest BCUT2D eigenvalue weighted by Crippen LogP contribution is -2.31. The number of nitrogens with zero attached hydrogens (tertiary/aromatic N) is 1. The van der Waals surface area contributed by atoms with Crippen molar-refractivity contribution in [3.05, 3.63) is 18.0 Å². The van der Waals surface area contributed by atoms with Crippen LogP contribution in [0.4, 0.5) is 0 Å². The molecule has 0 unspecified atom stereocenters. The minimum atomic E-state index is -0.631. The van der Waals surface area contributed by atoms with Gasteiger partial charge in [0.05, 0.1) is 5.69 Å². The molecule has 0 spiro atoms. The van der Waals surface area contributed by atoms with Crippen LogP contribution in [-0.4, -0.2) is 21.3 Å². The largest absolute Gasteiger partial charge is 0.385 e. The Bertz CT molecular complexity index is 293. The smallest absolute Gasteiger partial charge is 0.113 e. The molecule has 1 aromatic rings. The first-order chi connectivity index (χ1) is 7.77. The molecule has 2 rings (SSSR count). The zero-order valence-corrected chi connectivity index (χ0v) is 9.60. The highest BCUT2D eigenvalue weighted by atomic mass is 16.3. The summed E-state index contributed by atoms with van der Waals surface area (Å²) in [7, 11) is 0. The summed E-state index contributed by atoms with van der Waals surface area (Å²) >= 11 is 0. The molecule has 1 saturated carbocycles. The van der Waals surface area contributed by atoms with E-state index >= 15 is 0 Å². The van der Waals surface area contributed by atoms with Gasteiger partial charge in [-0.25, -0.2) is 0 Å². The predicted molar refractivity (Wildman–Crippen MR) is 62.7 cm³/mol. The van der Waals surface area contributed by atoms with Crippen LogP contribution < -0.4 is 5.73 Å². The van der Waals surface area contributed by atoms with Crippen LogP contribution in [0, 0.1) is 5.92 Å². The molecule has 4 nitrogen and oxygen atoms in total. The molecule has 0 aromatic carbocycles. The van der Waals surface area contributed by atoms with Crippen LogP contribution in [0.25, 0.3) is 0 Å². The molecule has 1 heterocycles. The van der Waals surface area contributed by atoms with Gasteiger partial charge in [-0.15, -0.1) is 0 Å². The molecular formula is C12H21N3O. The van der Waals surface area contributed by atoms with Gasteiger partial charge < -0.3 is 10.8 Å². The van der Waals surface area contributed by atoms with Gasteiger partial charge in [0.1, 0.15) is 6.10 Å². The molecule has 4 N–H and O–H groups in total. The van der Waals surface area contributed by atoms with E-state index in [-0.39, 0.29) is 6.04 Å². The Labute approximate surface area is 96.2 Å². The van der Waals surface area contributed by atoms with Gasteiger partial charge in [0.15, 0.2) is 0 Å². The number of aliphatic hydroxyl groups excluding tert-OH is 1.